The fourth-order valence-corrected chi connectivity index (χ4v) is 1.32. The van der Waals surface area contributed by atoms with Gasteiger partial charge in [-0.1, -0.05) is 19.8 Å². The highest BCUT2D eigenvalue weighted by atomic mass is 16.2. The zero-order valence-corrected chi connectivity index (χ0v) is 9.53. The Morgan fingerprint density at radius 3 is 2.33 bits per heavy atom. The van der Waals surface area contributed by atoms with Gasteiger partial charge in [0.2, 0.25) is 11.8 Å². The number of amides is 2. The summed E-state index contributed by atoms with van der Waals surface area (Å²) in [6.45, 7) is 4.25. The standard InChI is InChI=1S/C10H21N3O2/c1-3-5-6-8(11)10(15)13(4-2)7-9(12)14/h8H,3-7,11H2,1-2H3,(H2,12,14). The molecule has 0 spiro atoms. The molecular weight excluding hydrogens is 194 g/mol. The fourth-order valence-electron chi connectivity index (χ4n) is 1.32. The van der Waals surface area contributed by atoms with Gasteiger partial charge >= 0.3 is 0 Å². The third kappa shape index (κ3) is 5.37. The molecule has 1 atom stereocenters. The summed E-state index contributed by atoms with van der Waals surface area (Å²) in [5.41, 5.74) is 10.7. The van der Waals surface area contributed by atoms with Crippen LogP contribution in [0.15, 0.2) is 0 Å². The lowest BCUT2D eigenvalue weighted by Crippen LogP contribution is -2.46. The molecule has 0 saturated carbocycles. The highest BCUT2D eigenvalue weighted by Crippen LogP contribution is 2.02. The van der Waals surface area contributed by atoms with Crippen molar-refractivity contribution in [1.82, 2.24) is 4.90 Å². The minimum absolute atomic E-state index is 0.0465. The van der Waals surface area contributed by atoms with Crippen LogP contribution < -0.4 is 11.5 Å². The van der Waals surface area contributed by atoms with E-state index >= 15 is 0 Å². The average molecular weight is 215 g/mol. The van der Waals surface area contributed by atoms with Crippen molar-refractivity contribution in [2.45, 2.75) is 39.2 Å². The van der Waals surface area contributed by atoms with Crippen LogP contribution >= 0.6 is 0 Å². The van der Waals surface area contributed by atoms with Crippen LogP contribution in [0, 0.1) is 0 Å². The summed E-state index contributed by atoms with van der Waals surface area (Å²) >= 11 is 0. The number of rotatable bonds is 7. The second-order valence-electron chi connectivity index (χ2n) is 3.57. The molecule has 0 aliphatic carbocycles. The Bertz CT molecular complexity index is 219. The van der Waals surface area contributed by atoms with Gasteiger partial charge in [0, 0.05) is 6.54 Å². The third-order valence-electron chi connectivity index (χ3n) is 2.23. The maximum Gasteiger partial charge on any atom is 0.239 e. The SMILES string of the molecule is CCCCC(N)C(=O)N(CC)CC(N)=O. The second kappa shape index (κ2) is 7.23. The number of nitrogens with two attached hydrogens (primary N) is 2. The zero-order chi connectivity index (χ0) is 11.8. The molecule has 0 aromatic carbocycles. The van der Waals surface area contributed by atoms with E-state index < -0.39 is 11.9 Å². The maximum atomic E-state index is 11.7. The normalized spacial score (nSPS) is 12.2. The Balaban J connectivity index is 4.17. The first-order valence-corrected chi connectivity index (χ1v) is 5.35. The Labute approximate surface area is 90.8 Å². The van der Waals surface area contributed by atoms with Gasteiger partial charge in [-0.15, -0.1) is 0 Å². The molecule has 88 valence electrons. The number of hydrogen-bond donors (Lipinski definition) is 2. The number of hydrogen-bond acceptors (Lipinski definition) is 3. The van der Waals surface area contributed by atoms with Crippen molar-refractivity contribution in [2.24, 2.45) is 11.5 Å². The molecule has 0 fully saturated rings. The molecule has 0 aromatic heterocycles. The van der Waals surface area contributed by atoms with Crippen molar-refractivity contribution in [2.75, 3.05) is 13.1 Å². The van der Waals surface area contributed by atoms with E-state index in [2.05, 4.69) is 0 Å². The second-order valence-corrected chi connectivity index (χ2v) is 3.57. The minimum Gasteiger partial charge on any atom is -0.368 e. The van der Waals surface area contributed by atoms with Gasteiger partial charge in [-0.2, -0.15) is 0 Å². The van der Waals surface area contributed by atoms with Gasteiger partial charge in [-0.05, 0) is 13.3 Å². The smallest absolute Gasteiger partial charge is 0.239 e. The molecule has 0 radical (unpaired) electrons. The number of likely N-dealkylation sites (N-methyl/N-ethyl adjacent to an activating group) is 1. The molecule has 0 saturated heterocycles. The molecule has 0 heterocycles. The first kappa shape index (κ1) is 13.9. The summed E-state index contributed by atoms with van der Waals surface area (Å²) in [6.07, 6.45) is 2.58. The molecule has 1 unspecified atom stereocenters. The molecule has 15 heavy (non-hydrogen) atoms. The van der Waals surface area contributed by atoms with E-state index in [4.69, 9.17) is 11.5 Å². The van der Waals surface area contributed by atoms with Crippen LogP contribution in [0.3, 0.4) is 0 Å². The summed E-state index contributed by atoms with van der Waals surface area (Å²) in [4.78, 5) is 23.8. The van der Waals surface area contributed by atoms with E-state index in [1.807, 2.05) is 6.92 Å². The van der Waals surface area contributed by atoms with E-state index in [1.165, 1.54) is 4.90 Å². The van der Waals surface area contributed by atoms with E-state index in [0.29, 0.717) is 13.0 Å². The number of unbranched alkanes of at least 4 members (excludes halogenated alkanes) is 1. The molecule has 0 aliphatic heterocycles. The first-order chi connectivity index (χ1) is 7.02. The monoisotopic (exact) mass is 215 g/mol. The third-order valence-corrected chi connectivity index (χ3v) is 2.23. The Hall–Kier alpha value is -1.10. The van der Waals surface area contributed by atoms with Gasteiger partial charge in [0.25, 0.3) is 0 Å². The fraction of sp³-hybridized carbons (Fsp3) is 0.800. The molecule has 5 heteroatoms. The predicted octanol–water partition coefficient (Wildman–Crippen LogP) is -0.162. The molecule has 5 nitrogen and oxygen atoms in total. The highest BCUT2D eigenvalue weighted by Gasteiger charge is 2.20. The van der Waals surface area contributed by atoms with E-state index in [-0.39, 0.29) is 12.5 Å². The number of primary amides is 1. The van der Waals surface area contributed by atoms with Crippen molar-refractivity contribution in [3.05, 3.63) is 0 Å². The number of carbonyl (C=O) groups excluding carboxylic acids is 2. The Morgan fingerprint density at radius 2 is 1.93 bits per heavy atom. The summed E-state index contributed by atoms with van der Waals surface area (Å²) < 4.78 is 0. The quantitative estimate of drug-likeness (QED) is 0.618. The molecule has 0 bridgehead atoms. The lowest BCUT2D eigenvalue weighted by atomic mass is 10.1. The van der Waals surface area contributed by atoms with E-state index in [1.54, 1.807) is 6.92 Å². The van der Waals surface area contributed by atoms with Crippen molar-refractivity contribution in [3.8, 4) is 0 Å². The van der Waals surface area contributed by atoms with Gasteiger partial charge in [-0.3, -0.25) is 9.59 Å². The Kier molecular flexibility index (Phi) is 6.70. The largest absolute Gasteiger partial charge is 0.368 e. The average Bonchev–Trinajstić information content (AvgIpc) is 2.21. The van der Waals surface area contributed by atoms with Crippen LogP contribution in [0.1, 0.15) is 33.1 Å². The summed E-state index contributed by atoms with van der Waals surface area (Å²) in [6, 6.07) is -0.510. The molecular formula is C10H21N3O2. The summed E-state index contributed by atoms with van der Waals surface area (Å²) in [5, 5.41) is 0. The van der Waals surface area contributed by atoms with Gasteiger partial charge < -0.3 is 16.4 Å². The molecule has 0 rings (SSSR count). The van der Waals surface area contributed by atoms with Crippen LogP contribution in [0.2, 0.25) is 0 Å². The maximum absolute atomic E-state index is 11.7. The number of nitrogens with zero attached hydrogens (tertiary/aromatic N) is 1. The van der Waals surface area contributed by atoms with Gasteiger partial charge in [0.05, 0.1) is 12.6 Å². The summed E-state index contributed by atoms with van der Waals surface area (Å²) in [5.74, 6) is -0.697. The topological polar surface area (TPSA) is 89.4 Å². The number of carbonyl (C=O) groups is 2. The van der Waals surface area contributed by atoms with Crippen molar-refractivity contribution < 1.29 is 9.59 Å². The summed E-state index contributed by atoms with van der Waals surface area (Å²) in [7, 11) is 0. The van der Waals surface area contributed by atoms with Crippen LogP contribution in [0.4, 0.5) is 0 Å². The van der Waals surface area contributed by atoms with Gasteiger partial charge in [0.1, 0.15) is 0 Å². The lowest BCUT2D eigenvalue weighted by Gasteiger charge is -2.22. The van der Waals surface area contributed by atoms with Crippen LogP contribution in [-0.2, 0) is 9.59 Å². The molecule has 0 aliphatic rings. The van der Waals surface area contributed by atoms with Crippen LogP contribution in [0.5, 0.6) is 0 Å². The molecule has 2 amide bonds. The van der Waals surface area contributed by atoms with E-state index in [9.17, 15) is 9.59 Å². The zero-order valence-electron chi connectivity index (χ0n) is 9.53. The van der Waals surface area contributed by atoms with Crippen molar-refractivity contribution >= 4 is 11.8 Å². The van der Waals surface area contributed by atoms with E-state index in [0.717, 1.165) is 12.8 Å². The predicted molar refractivity (Wildman–Crippen MR) is 58.9 cm³/mol. The highest BCUT2D eigenvalue weighted by molar-refractivity contribution is 5.86. The van der Waals surface area contributed by atoms with Crippen molar-refractivity contribution in [3.63, 3.8) is 0 Å². The van der Waals surface area contributed by atoms with Crippen LogP contribution in [0.25, 0.3) is 0 Å². The first-order valence-electron chi connectivity index (χ1n) is 5.35. The van der Waals surface area contributed by atoms with Crippen molar-refractivity contribution in [1.29, 1.82) is 0 Å². The van der Waals surface area contributed by atoms with Crippen LogP contribution in [-0.4, -0.2) is 35.8 Å². The Morgan fingerprint density at radius 1 is 1.33 bits per heavy atom. The molecule has 0 aromatic rings. The van der Waals surface area contributed by atoms with Gasteiger partial charge in [-0.25, -0.2) is 0 Å². The van der Waals surface area contributed by atoms with Gasteiger partial charge in [0.15, 0.2) is 0 Å². The molecule has 4 N–H and O–H groups in total. The minimum atomic E-state index is -0.510. The lowest BCUT2D eigenvalue weighted by molar-refractivity contribution is -0.136.